The summed E-state index contributed by atoms with van der Waals surface area (Å²) in [5.41, 5.74) is -0.298. The van der Waals surface area contributed by atoms with Crippen LogP contribution < -0.4 is 0 Å². The van der Waals surface area contributed by atoms with Gasteiger partial charge in [-0.15, -0.1) is 0 Å². The maximum atomic E-state index is 13.3. The molecule has 3 heterocycles. The lowest BCUT2D eigenvalue weighted by Crippen LogP contribution is -2.33. The van der Waals surface area contributed by atoms with Crippen LogP contribution in [-0.4, -0.2) is 34.1 Å². The lowest BCUT2D eigenvalue weighted by atomic mass is 9.81. The van der Waals surface area contributed by atoms with Gasteiger partial charge in [0.15, 0.2) is 11.4 Å². The molecule has 0 N–H and O–H groups in total. The number of nitrogens with zero attached hydrogens (tertiary/aromatic N) is 2. The SMILES string of the molecule is C/C=C/CC(C)(C)[C@@H]1C/C=C\C[C@@H](C)/C=C/C=C\c2nc(co2)C(=O)O[C@H](C(C)(C)C/C=C/C)C/C=C\C2C(/C=C/C=C\c3nc(co3)C(=O)O1)[C@@H]2C. The van der Waals surface area contributed by atoms with Crippen molar-refractivity contribution in [3.8, 4) is 0 Å². The molecule has 1 saturated carbocycles. The summed E-state index contributed by atoms with van der Waals surface area (Å²) in [6.07, 6.45) is 37.7. The van der Waals surface area contributed by atoms with Crippen molar-refractivity contribution in [1.82, 2.24) is 9.97 Å². The molecule has 284 valence electrons. The maximum Gasteiger partial charge on any atom is 0.360 e. The monoisotopic (exact) mass is 722 g/mol. The summed E-state index contributed by atoms with van der Waals surface area (Å²) >= 11 is 0. The van der Waals surface area contributed by atoms with E-state index < -0.39 is 11.9 Å². The topological polar surface area (TPSA) is 105 Å². The third kappa shape index (κ3) is 12.4. The number of carbonyl (C=O) groups is 2. The molecular weight excluding hydrogens is 665 g/mol. The summed E-state index contributed by atoms with van der Waals surface area (Å²) in [6, 6.07) is 0. The molecule has 0 aromatic carbocycles. The predicted molar refractivity (Wildman–Crippen MR) is 212 cm³/mol. The van der Waals surface area contributed by atoms with Crippen LogP contribution in [0.5, 0.6) is 0 Å². The van der Waals surface area contributed by atoms with Gasteiger partial charge in [-0.1, -0.05) is 127 Å². The van der Waals surface area contributed by atoms with Gasteiger partial charge in [0.25, 0.3) is 0 Å². The van der Waals surface area contributed by atoms with E-state index >= 15 is 0 Å². The van der Waals surface area contributed by atoms with Gasteiger partial charge in [0, 0.05) is 35.8 Å². The Bertz CT molecular complexity index is 1740. The van der Waals surface area contributed by atoms with Crippen LogP contribution in [0, 0.1) is 34.5 Å². The van der Waals surface area contributed by atoms with E-state index in [4.69, 9.17) is 18.3 Å². The quantitative estimate of drug-likeness (QED) is 0.214. The second-order valence-electron chi connectivity index (χ2n) is 15.5. The molecule has 0 amide bonds. The number of cyclic esters (lactones) is 2. The van der Waals surface area contributed by atoms with Crippen LogP contribution >= 0.6 is 0 Å². The lowest BCUT2D eigenvalue weighted by molar-refractivity contribution is -0.00689. The molecular formula is C45H58N2O6. The van der Waals surface area contributed by atoms with Crippen molar-refractivity contribution in [1.29, 1.82) is 0 Å². The number of hydrogen-bond donors (Lipinski definition) is 0. The van der Waals surface area contributed by atoms with Crippen LogP contribution in [0.3, 0.4) is 0 Å². The van der Waals surface area contributed by atoms with Crippen LogP contribution in [0.4, 0.5) is 0 Å². The van der Waals surface area contributed by atoms with E-state index in [1.165, 1.54) is 12.5 Å². The molecule has 1 aliphatic heterocycles. The molecule has 1 aliphatic carbocycles. The molecule has 0 radical (unpaired) electrons. The second kappa shape index (κ2) is 19.4. The Morgan fingerprint density at radius 1 is 0.660 bits per heavy atom. The number of carbonyl (C=O) groups excluding carboxylic acids is 2. The number of hydrogen-bond acceptors (Lipinski definition) is 8. The summed E-state index contributed by atoms with van der Waals surface area (Å²) in [7, 11) is 0. The molecule has 1 fully saturated rings. The zero-order valence-corrected chi connectivity index (χ0v) is 32.7. The third-order valence-electron chi connectivity index (χ3n) is 10.2. The van der Waals surface area contributed by atoms with Crippen molar-refractivity contribution in [3.63, 3.8) is 0 Å². The van der Waals surface area contributed by atoms with Crippen molar-refractivity contribution < 1.29 is 27.9 Å². The average molecular weight is 723 g/mol. The predicted octanol–water partition coefficient (Wildman–Crippen LogP) is 11.4. The van der Waals surface area contributed by atoms with E-state index in [1.54, 1.807) is 12.2 Å². The highest BCUT2D eigenvalue weighted by atomic mass is 16.6. The summed E-state index contributed by atoms with van der Waals surface area (Å²) in [6.45, 7) is 16.8. The van der Waals surface area contributed by atoms with Crippen molar-refractivity contribution in [2.24, 2.45) is 34.5 Å². The fourth-order valence-corrected chi connectivity index (χ4v) is 6.28. The fourth-order valence-electron chi connectivity index (χ4n) is 6.28. The first-order chi connectivity index (χ1) is 25.3. The molecule has 4 rings (SSSR count). The first-order valence-corrected chi connectivity index (χ1v) is 18.9. The Morgan fingerprint density at radius 3 is 1.66 bits per heavy atom. The van der Waals surface area contributed by atoms with Gasteiger partial charge in [-0.3, -0.25) is 0 Å². The van der Waals surface area contributed by atoms with Gasteiger partial charge in [-0.2, -0.15) is 0 Å². The Hall–Kier alpha value is -4.72. The van der Waals surface area contributed by atoms with Crippen molar-refractivity contribution >= 4 is 24.1 Å². The molecule has 0 spiro atoms. The zero-order chi connectivity index (χ0) is 38.4. The standard InChI is InChI=1S/C45H58N2O6/c1-9-11-28-44(5,6)38-24-16-13-20-32(3)21-14-17-26-40-46-37(31-50-40)43(49)53-39(45(7,8)29-12-10-2)25-19-23-35-33(4)34(35)22-15-18-27-41-47-36(30-51-41)42(48)52-38/h9-19,21-23,26-27,30-35,38-39H,20,24-25,28-29H2,1-8H3/b11-9+,12-10+,16-13-,21-14+,22-15+,23-19-,26-17-,27-18-/t32-,33+,34?,35?,38+,39+/m1/s1. The minimum Gasteiger partial charge on any atom is -0.457 e. The van der Waals surface area contributed by atoms with Gasteiger partial charge in [0.05, 0.1) is 0 Å². The Balaban J connectivity index is 1.56. The Morgan fingerprint density at radius 2 is 1.13 bits per heavy atom. The summed E-state index contributed by atoms with van der Waals surface area (Å²) in [5.74, 6) is 1.19. The van der Waals surface area contributed by atoms with Crippen LogP contribution in [0.15, 0.2) is 106 Å². The fraction of sp³-hybridized carbons (Fsp3) is 0.467. The lowest BCUT2D eigenvalue weighted by Gasteiger charge is -2.32. The van der Waals surface area contributed by atoms with Crippen molar-refractivity contribution in [3.05, 3.63) is 121 Å². The first kappa shape index (κ1) is 41.0. The highest BCUT2D eigenvalue weighted by Crippen LogP contribution is 2.48. The van der Waals surface area contributed by atoms with E-state index in [0.29, 0.717) is 42.4 Å². The molecule has 4 bridgehead atoms. The molecule has 2 unspecified atom stereocenters. The van der Waals surface area contributed by atoms with Gasteiger partial charge in [0.2, 0.25) is 11.8 Å². The number of esters is 2. The first-order valence-electron chi connectivity index (χ1n) is 18.9. The number of allylic oxidation sites excluding steroid dienone is 12. The van der Waals surface area contributed by atoms with E-state index in [2.05, 4.69) is 100 Å². The van der Waals surface area contributed by atoms with Gasteiger partial charge in [-0.05, 0) is 56.8 Å². The van der Waals surface area contributed by atoms with Crippen LogP contribution in [0.1, 0.15) is 120 Å². The summed E-state index contributed by atoms with van der Waals surface area (Å²) < 4.78 is 23.3. The van der Waals surface area contributed by atoms with E-state index in [-0.39, 0.29) is 40.3 Å². The smallest absolute Gasteiger partial charge is 0.360 e. The highest BCUT2D eigenvalue weighted by Gasteiger charge is 2.42. The second-order valence-corrected chi connectivity index (χ2v) is 15.5. The highest BCUT2D eigenvalue weighted by molar-refractivity contribution is 5.87. The number of oxazole rings is 2. The van der Waals surface area contributed by atoms with Gasteiger partial charge in [-0.25, -0.2) is 19.6 Å². The zero-order valence-electron chi connectivity index (χ0n) is 32.7. The minimum absolute atomic E-state index is 0.149. The molecule has 6 atom stereocenters. The molecule has 2 aliphatic rings. The molecule has 2 aromatic rings. The number of rotatable bonds is 6. The largest absolute Gasteiger partial charge is 0.457 e. The Labute approximate surface area is 316 Å². The van der Waals surface area contributed by atoms with Crippen LogP contribution in [-0.2, 0) is 9.47 Å². The molecule has 8 heteroatoms. The number of fused-ring (bicyclic) bond motifs is 5. The third-order valence-corrected chi connectivity index (χ3v) is 10.2. The van der Waals surface area contributed by atoms with Gasteiger partial charge >= 0.3 is 11.9 Å². The van der Waals surface area contributed by atoms with Gasteiger partial charge < -0.3 is 18.3 Å². The van der Waals surface area contributed by atoms with E-state index in [1.807, 2.05) is 50.3 Å². The summed E-state index contributed by atoms with van der Waals surface area (Å²) in [4.78, 5) is 35.3. The summed E-state index contributed by atoms with van der Waals surface area (Å²) in [5, 5.41) is 0. The molecule has 2 aromatic heterocycles. The average Bonchev–Trinajstić information content (AvgIpc) is 3.49. The number of ether oxygens (including phenoxy) is 2. The molecule has 53 heavy (non-hydrogen) atoms. The normalized spacial score (nSPS) is 29.1. The Kier molecular flexibility index (Phi) is 15.0. The maximum absolute atomic E-state index is 13.3. The number of aromatic nitrogens is 2. The van der Waals surface area contributed by atoms with Gasteiger partial charge in [0.1, 0.15) is 24.7 Å². The van der Waals surface area contributed by atoms with E-state index in [0.717, 1.165) is 19.3 Å². The minimum atomic E-state index is -0.500. The molecule has 8 nitrogen and oxygen atoms in total. The van der Waals surface area contributed by atoms with Crippen molar-refractivity contribution in [2.45, 2.75) is 99.7 Å². The van der Waals surface area contributed by atoms with Crippen LogP contribution in [0.2, 0.25) is 0 Å². The van der Waals surface area contributed by atoms with Crippen molar-refractivity contribution in [2.75, 3.05) is 0 Å². The molecule has 0 saturated heterocycles. The van der Waals surface area contributed by atoms with E-state index in [9.17, 15) is 9.59 Å². The van der Waals surface area contributed by atoms with Crippen LogP contribution in [0.25, 0.3) is 12.2 Å².